The van der Waals surface area contributed by atoms with Crippen LogP contribution >= 0.6 is 0 Å². The summed E-state index contributed by atoms with van der Waals surface area (Å²) in [6, 6.07) is 0. The third-order valence-corrected chi connectivity index (χ3v) is 3.37. The highest BCUT2D eigenvalue weighted by Gasteiger charge is 1.93. The molecule has 0 spiro atoms. The van der Waals surface area contributed by atoms with Crippen molar-refractivity contribution in [2.24, 2.45) is 0 Å². The Hall–Kier alpha value is -0.110. The molecule has 0 bridgehead atoms. The molecule has 0 aromatic carbocycles. The molecule has 104 valence electrons. The van der Waals surface area contributed by atoms with Gasteiger partial charge in [-0.15, -0.1) is 4.48 Å². The van der Waals surface area contributed by atoms with Crippen molar-refractivity contribution in [3.63, 3.8) is 0 Å². The number of rotatable bonds is 14. The van der Waals surface area contributed by atoms with Crippen LogP contribution < -0.4 is 5.54 Å². The van der Waals surface area contributed by atoms with Crippen molar-refractivity contribution >= 4 is 0 Å². The van der Waals surface area contributed by atoms with Gasteiger partial charge in [-0.3, -0.25) is 0 Å². The van der Waals surface area contributed by atoms with E-state index in [1.54, 1.807) is 5.54 Å². The van der Waals surface area contributed by atoms with Crippen LogP contribution in [0.5, 0.6) is 0 Å². The lowest BCUT2D eigenvalue weighted by atomic mass is 10.0. The first-order chi connectivity index (χ1) is 8.41. The molecule has 1 nitrogen and oxygen atoms in total. The van der Waals surface area contributed by atoms with Gasteiger partial charge in [-0.2, -0.15) is 5.54 Å². The number of halogens is 1. The lowest BCUT2D eigenvalue weighted by molar-refractivity contribution is 0.327. The van der Waals surface area contributed by atoms with Crippen LogP contribution in [0, 0.1) is 0 Å². The quantitative estimate of drug-likeness (QED) is 0.312. The van der Waals surface area contributed by atoms with Gasteiger partial charge in [-0.25, -0.2) is 0 Å². The molecular formula is C15H32FN. The third kappa shape index (κ3) is 15.9. The maximum Gasteiger partial charge on any atom is 0.0259 e. The van der Waals surface area contributed by atoms with Crippen molar-refractivity contribution in [1.29, 1.82) is 0 Å². The monoisotopic (exact) mass is 245 g/mol. The Labute approximate surface area is 107 Å². The first-order valence-corrected chi connectivity index (χ1v) is 7.75. The molecule has 1 N–H and O–H groups in total. The molecule has 0 saturated heterocycles. The van der Waals surface area contributed by atoms with Crippen molar-refractivity contribution < 1.29 is 4.48 Å². The van der Waals surface area contributed by atoms with Crippen LogP contribution in [0.1, 0.15) is 90.4 Å². The molecule has 0 aliphatic rings. The van der Waals surface area contributed by atoms with Crippen LogP contribution in [0.15, 0.2) is 0 Å². The highest BCUT2D eigenvalue weighted by atomic mass is 19.2. The number of nitrogens with one attached hydrogen (secondary N) is 1. The average molecular weight is 245 g/mol. The van der Waals surface area contributed by atoms with Crippen LogP contribution in [-0.4, -0.2) is 6.54 Å². The molecular weight excluding hydrogens is 213 g/mol. The maximum atomic E-state index is 11.6. The van der Waals surface area contributed by atoms with Crippen LogP contribution in [0.3, 0.4) is 0 Å². The zero-order chi connectivity index (χ0) is 12.6. The predicted molar refractivity (Wildman–Crippen MR) is 74.8 cm³/mol. The number of hydrogen-bond acceptors (Lipinski definition) is 1. The van der Waals surface area contributed by atoms with E-state index in [0.717, 1.165) is 6.42 Å². The van der Waals surface area contributed by atoms with E-state index in [0.29, 0.717) is 6.54 Å². The van der Waals surface area contributed by atoms with Crippen molar-refractivity contribution in [2.45, 2.75) is 90.4 Å². The fraction of sp³-hybridized carbons (Fsp3) is 1.00. The summed E-state index contributed by atoms with van der Waals surface area (Å²) in [6.45, 7) is 2.79. The molecule has 0 aromatic heterocycles. The second-order valence-corrected chi connectivity index (χ2v) is 5.13. The molecule has 2 heteroatoms. The highest BCUT2D eigenvalue weighted by molar-refractivity contribution is 4.49. The fourth-order valence-corrected chi connectivity index (χ4v) is 2.21. The summed E-state index contributed by atoms with van der Waals surface area (Å²) in [4.78, 5) is 0. The average Bonchev–Trinajstić information content (AvgIpc) is 2.35. The predicted octanol–water partition coefficient (Wildman–Crippen LogP) is 5.55. The topological polar surface area (TPSA) is 12.0 Å². The van der Waals surface area contributed by atoms with Gasteiger partial charge in [0.15, 0.2) is 0 Å². The Morgan fingerprint density at radius 1 is 0.588 bits per heavy atom. The summed E-state index contributed by atoms with van der Waals surface area (Å²) >= 11 is 0. The van der Waals surface area contributed by atoms with Gasteiger partial charge in [0, 0.05) is 6.54 Å². The first kappa shape index (κ1) is 16.9. The largest absolute Gasteiger partial charge is 0.159 e. The summed E-state index contributed by atoms with van der Waals surface area (Å²) in [5.74, 6) is 0. The van der Waals surface area contributed by atoms with Gasteiger partial charge in [0.2, 0.25) is 0 Å². The fourth-order valence-electron chi connectivity index (χ4n) is 2.21. The van der Waals surface area contributed by atoms with E-state index >= 15 is 0 Å². The van der Waals surface area contributed by atoms with Gasteiger partial charge in [0.05, 0.1) is 0 Å². The van der Waals surface area contributed by atoms with Crippen molar-refractivity contribution in [1.82, 2.24) is 5.54 Å². The van der Waals surface area contributed by atoms with E-state index in [1.807, 2.05) is 0 Å². The zero-order valence-electron chi connectivity index (χ0n) is 11.8. The van der Waals surface area contributed by atoms with Gasteiger partial charge in [0.1, 0.15) is 0 Å². The molecule has 0 aliphatic carbocycles. The third-order valence-electron chi connectivity index (χ3n) is 3.37. The Bertz CT molecular complexity index is 114. The minimum absolute atomic E-state index is 0.526. The molecule has 17 heavy (non-hydrogen) atoms. The van der Waals surface area contributed by atoms with Gasteiger partial charge >= 0.3 is 0 Å². The number of unbranched alkanes of at least 4 members (excludes halogenated alkanes) is 12. The minimum Gasteiger partial charge on any atom is -0.159 e. The SMILES string of the molecule is CCCCCCCCCCCCCCCNF. The summed E-state index contributed by atoms with van der Waals surface area (Å²) < 4.78 is 11.6. The highest BCUT2D eigenvalue weighted by Crippen LogP contribution is 2.12. The molecule has 0 fully saturated rings. The number of hydrogen-bond donors (Lipinski definition) is 1. The Kier molecular flexibility index (Phi) is 15.8. The van der Waals surface area contributed by atoms with Gasteiger partial charge in [-0.05, 0) is 6.42 Å². The van der Waals surface area contributed by atoms with Gasteiger partial charge in [-0.1, -0.05) is 84.0 Å². The second-order valence-electron chi connectivity index (χ2n) is 5.13. The van der Waals surface area contributed by atoms with Crippen molar-refractivity contribution in [2.75, 3.05) is 6.54 Å². The van der Waals surface area contributed by atoms with Crippen LogP contribution in [0.2, 0.25) is 0 Å². The zero-order valence-corrected chi connectivity index (χ0v) is 11.8. The second kappa shape index (κ2) is 15.9. The van der Waals surface area contributed by atoms with E-state index in [2.05, 4.69) is 6.92 Å². The van der Waals surface area contributed by atoms with Gasteiger partial charge in [0.25, 0.3) is 0 Å². The van der Waals surface area contributed by atoms with E-state index < -0.39 is 0 Å². The van der Waals surface area contributed by atoms with Crippen molar-refractivity contribution in [3.05, 3.63) is 0 Å². The Morgan fingerprint density at radius 3 is 1.29 bits per heavy atom. The van der Waals surface area contributed by atoms with Crippen LogP contribution in [0.4, 0.5) is 4.48 Å². The van der Waals surface area contributed by atoms with Gasteiger partial charge < -0.3 is 0 Å². The maximum absolute atomic E-state index is 11.6. The first-order valence-electron chi connectivity index (χ1n) is 7.75. The molecule has 0 rings (SSSR count). The Morgan fingerprint density at radius 2 is 0.941 bits per heavy atom. The molecule has 0 saturated carbocycles. The lowest BCUT2D eigenvalue weighted by Crippen LogP contribution is -2.01. The molecule has 0 heterocycles. The molecule has 0 amide bonds. The summed E-state index contributed by atoms with van der Waals surface area (Å²) in [7, 11) is 0. The molecule has 0 atom stereocenters. The standard InChI is InChI=1S/C15H32FN/c1-2-3-4-5-6-7-8-9-10-11-12-13-14-15-17-16/h17H,2-15H2,1H3. The van der Waals surface area contributed by atoms with Crippen LogP contribution in [0.25, 0.3) is 0 Å². The van der Waals surface area contributed by atoms with E-state index in [4.69, 9.17) is 0 Å². The van der Waals surface area contributed by atoms with E-state index in [9.17, 15) is 4.48 Å². The Balaban J connectivity index is 2.85. The molecule has 0 aliphatic heterocycles. The summed E-state index contributed by atoms with van der Waals surface area (Å²) in [5.41, 5.74) is 1.71. The van der Waals surface area contributed by atoms with Crippen molar-refractivity contribution in [3.8, 4) is 0 Å². The van der Waals surface area contributed by atoms with E-state index in [-0.39, 0.29) is 0 Å². The van der Waals surface area contributed by atoms with E-state index in [1.165, 1.54) is 77.0 Å². The smallest absolute Gasteiger partial charge is 0.0259 e. The normalized spacial score (nSPS) is 10.9. The molecule has 0 radical (unpaired) electrons. The minimum atomic E-state index is 0.526. The molecule has 0 unspecified atom stereocenters. The van der Waals surface area contributed by atoms with Crippen LogP contribution in [-0.2, 0) is 0 Å². The summed E-state index contributed by atoms with van der Waals surface area (Å²) in [5, 5.41) is 0. The lowest BCUT2D eigenvalue weighted by Gasteiger charge is -2.02. The summed E-state index contributed by atoms with van der Waals surface area (Å²) in [6.07, 6.45) is 17.4. The molecule has 0 aromatic rings.